The van der Waals surface area contributed by atoms with Gasteiger partial charge in [-0.25, -0.2) is 4.98 Å². The molecular weight excluding hydrogens is 396 g/mol. The molecule has 1 aliphatic carbocycles. The zero-order valence-corrected chi connectivity index (χ0v) is 17.0. The summed E-state index contributed by atoms with van der Waals surface area (Å²) in [6, 6.07) is 17.2. The Kier molecular flexibility index (Phi) is 4.80. The number of fused-ring (bicyclic) bond motifs is 1. The molecule has 30 heavy (non-hydrogen) atoms. The minimum Gasteiger partial charge on any atom is -0.326 e. The van der Waals surface area contributed by atoms with E-state index in [4.69, 9.17) is 0 Å². The number of carbonyl (C=O) groups excluding carboxylic acids is 2. The highest BCUT2D eigenvalue weighted by Crippen LogP contribution is 2.30. The third-order valence-electron chi connectivity index (χ3n) is 5.06. The van der Waals surface area contributed by atoms with Crippen LogP contribution >= 0.6 is 11.3 Å². The van der Waals surface area contributed by atoms with Crippen LogP contribution in [0.3, 0.4) is 0 Å². The van der Waals surface area contributed by atoms with Crippen molar-refractivity contribution in [3.05, 3.63) is 71.9 Å². The third kappa shape index (κ3) is 3.97. The van der Waals surface area contributed by atoms with Gasteiger partial charge in [0, 0.05) is 40.1 Å². The summed E-state index contributed by atoms with van der Waals surface area (Å²) in [6.07, 6.45) is 4.12. The molecule has 6 nitrogen and oxygen atoms in total. The zero-order valence-electron chi connectivity index (χ0n) is 16.2. The van der Waals surface area contributed by atoms with Gasteiger partial charge in [-0.05, 0) is 31.0 Å². The first-order chi connectivity index (χ1) is 14.7. The van der Waals surface area contributed by atoms with Crippen LogP contribution in [0.1, 0.15) is 18.5 Å². The van der Waals surface area contributed by atoms with Gasteiger partial charge in [0.15, 0.2) is 4.96 Å². The van der Waals surface area contributed by atoms with Crippen LogP contribution < -0.4 is 10.6 Å². The molecule has 0 atom stereocenters. The Morgan fingerprint density at radius 3 is 2.57 bits per heavy atom. The van der Waals surface area contributed by atoms with Crippen LogP contribution in [-0.2, 0) is 16.0 Å². The van der Waals surface area contributed by atoms with E-state index in [1.165, 1.54) is 11.3 Å². The number of nitrogens with one attached hydrogen (secondary N) is 2. The normalized spacial score (nSPS) is 13.3. The van der Waals surface area contributed by atoms with Crippen LogP contribution in [0.25, 0.3) is 16.2 Å². The molecular formula is C23H20N4O2S. The van der Waals surface area contributed by atoms with Crippen LogP contribution in [0.4, 0.5) is 11.4 Å². The van der Waals surface area contributed by atoms with Crippen LogP contribution in [-0.4, -0.2) is 21.2 Å². The van der Waals surface area contributed by atoms with Crippen molar-refractivity contribution in [2.45, 2.75) is 19.3 Å². The highest BCUT2D eigenvalue weighted by Gasteiger charge is 2.29. The van der Waals surface area contributed by atoms with Crippen LogP contribution in [0.2, 0.25) is 0 Å². The van der Waals surface area contributed by atoms with Crippen molar-refractivity contribution in [1.29, 1.82) is 0 Å². The third-order valence-corrected chi connectivity index (χ3v) is 5.95. The van der Waals surface area contributed by atoms with Gasteiger partial charge in [0.1, 0.15) is 0 Å². The molecule has 0 aliphatic heterocycles. The number of thiazole rings is 1. The lowest BCUT2D eigenvalue weighted by Gasteiger charge is -2.08. The van der Waals surface area contributed by atoms with Gasteiger partial charge in [-0.1, -0.05) is 36.4 Å². The summed E-state index contributed by atoms with van der Waals surface area (Å²) in [5.74, 6) is 0.0732. The lowest BCUT2D eigenvalue weighted by molar-refractivity contribution is -0.117. The second-order valence-corrected chi connectivity index (χ2v) is 8.28. The average Bonchev–Trinajstić information content (AvgIpc) is 3.42. The molecule has 5 rings (SSSR count). The van der Waals surface area contributed by atoms with Crippen molar-refractivity contribution in [3.8, 4) is 11.3 Å². The van der Waals surface area contributed by atoms with Crippen LogP contribution in [0.5, 0.6) is 0 Å². The van der Waals surface area contributed by atoms with E-state index in [1.54, 1.807) is 6.07 Å². The van der Waals surface area contributed by atoms with Gasteiger partial charge < -0.3 is 10.6 Å². The number of carbonyl (C=O) groups is 2. The minimum absolute atomic E-state index is 0.0495. The Balaban J connectivity index is 1.28. The van der Waals surface area contributed by atoms with E-state index < -0.39 is 0 Å². The second kappa shape index (κ2) is 7.76. The van der Waals surface area contributed by atoms with E-state index >= 15 is 0 Å². The fraction of sp³-hybridized carbons (Fsp3) is 0.174. The van der Waals surface area contributed by atoms with Gasteiger partial charge in [-0.3, -0.25) is 14.0 Å². The number of benzene rings is 2. The summed E-state index contributed by atoms with van der Waals surface area (Å²) in [6.45, 7) is 0. The van der Waals surface area contributed by atoms with Gasteiger partial charge in [0.05, 0.1) is 12.1 Å². The van der Waals surface area contributed by atoms with E-state index in [-0.39, 0.29) is 24.2 Å². The molecule has 150 valence electrons. The lowest BCUT2D eigenvalue weighted by atomic mass is 10.2. The Morgan fingerprint density at radius 1 is 1.03 bits per heavy atom. The maximum Gasteiger partial charge on any atom is 0.230 e. The van der Waals surface area contributed by atoms with Crippen molar-refractivity contribution in [2.75, 3.05) is 10.6 Å². The van der Waals surface area contributed by atoms with Gasteiger partial charge in [-0.2, -0.15) is 0 Å². The Labute approximate surface area is 177 Å². The predicted octanol–water partition coefficient (Wildman–Crippen LogP) is 4.59. The van der Waals surface area contributed by atoms with Crippen molar-refractivity contribution in [1.82, 2.24) is 9.38 Å². The standard InChI is InChI=1S/C23H20N4O2S/c28-21(24-17-7-4-8-18(11-17)25-22(29)16-9-10-16)12-19-14-30-23-26-20(13-27(19)23)15-5-2-1-3-6-15/h1-8,11,13-14,16H,9-10,12H2,(H,24,28)(H,25,29). The maximum absolute atomic E-state index is 12.6. The number of aromatic nitrogens is 2. The fourth-order valence-corrected chi connectivity index (χ4v) is 4.21. The minimum atomic E-state index is -0.115. The first-order valence-electron chi connectivity index (χ1n) is 9.87. The zero-order chi connectivity index (χ0) is 20.5. The summed E-state index contributed by atoms with van der Waals surface area (Å²) >= 11 is 1.52. The molecule has 1 saturated carbocycles. The quantitative estimate of drug-likeness (QED) is 0.483. The van der Waals surface area contributed by atoms with E-state index in [0.717, 1.165) is 34.8 Å². The van der Waals surface area contributed by atoms with Gasteiger partial charge >= 0.3 is 0 Å². The number of hydrogen-bond donors (Lipinski definition) is 2. The molecule has 0 radical (unpaired) electrons. The van der Waals surface area contributed by atoms with Crippen molar-refractivity contribution < 1.29 is 9.59 Å². The van der Waals surface area contributed by atoms with Crippen molar-refractivity contribution in [3.63, 3.8) is 0 Å². The average molecular weight is 417 g/mol. The Morgan fingerprint density at radius 2 is 1.80 bits per heavy atom. The van der Waals surface area contributed by atoms with E-state index in [1.807, 2.05) is 64.5 Å². The van der Waals surface area contributed by atoms with Crippen LogP contribution in [0.15, 0.2) is 66.2 Å². The Hall–Kier alpha value is -3.45. The summed E-state index contributed by atoms with van der Waals surface area (Å²) in [4.78, 5) is 30.1. The van der Waals surface area contributed by atoms with E-state index in [0.29, 0.717) is 11.4 Å². The Bertz CT molecular complexity index is 1220. The maximum atomic E-state index is 12.6. The molecule has 7 heteroatoms. The SMILES string of the molecule is O=C(Cc1csc2nc(-c3ccccc3)cn12)Nc1cccc(NC(=O)C2CC2)c1. The summed E-state index contributed by atoms with van der Waals surface area (Å²) in [5, 5.41) is 7.79. The molecule has 0 saturated heterocycles. The van der Waals surface area contributed by atoms with Gasteiger partial charge in [0.2, 0.25) is 11.8 Å². The predicted molar refractivity (Wildman–Crippen MR) is 119 cm³/mol. The molecule has 2 amide bonds. The number of imidazole rings is 1. The molecule has 0 spiro atoms. The molecule has 1 aliphatic rings. The monoisotopic (exact) mass is 416 g/mol. The number of anilines is 2. The number of rotatable bonds is 6. The number of amides is 2. The summed E-state index contributed by atoms with van der Waals surface area (Å²) < 4.78 is 1.97. The van der Waals surface area contributed by atoms with Crippen molar-refractivity contribution in [2.24, 2.45) is 5.92 Å². The molecule has 2 N–H and O–H groups in total. The molecule has 1 fully saturated rings. The molecule has 2 aromatic heterocycles. The topological polar surface area (TPSA) is 75.5 Å². The first-order valence-corrected chi connectivity index (χ1v) is 10.8. The highest BCUT2D eigenvalue weighted by molar-refractivity contribution is 7.15. The van der Waals surface area contributed by atoms with Gasteiger partial charge in [0.25, 0.3) is 0 Å². The van der Waals surface area contributed by atoms with E-state index in [9.17, 15) is 9.59 Å². The highest BCUT2D eigenvalue weighted by atomic mass is 32.1. The number of nitrogens with zero attached hydrogens (tertiary/aromatic N) is 2. The lowest BCUT2D eigenvalue weighted by Crippen LogP contribution is -2.16. The van der Waals surface area contributed by atoms with E-state index in [2.05, 4.69) is 15.6 Å². The molecule has 2 heterocycles. The second-order valence-electron chi connectivity index (χ2n) is 7.44. The first kappa shape index (κ1) is 18.6. The van der Waals surface area contributed by atoms with Gasteiger partial charge in [-0.15, -0.1) is 11.3 Å². The molecule has 4 aromatic rings. The smallest absolute Gasteiger partial charge is 0.230 e. The number of hydrogen-bond acceptors (Lipinski definition) is 4. The largest absolute Gasteiger partial charge is 0.326 e. The molecule has 0 bridgehead atoms. The molecule has 2 aromatic carbocycles. The fourth-order valence-electron chi connectivity index (χ4n) is 3.34. The van der Waals surface area contributed by atoms with Crippen molar-refractivity contribution >= 4 is 39.5 Å². The molecule has 0 unspecified atom stereocenters. The summed E-state index contributed by atoms with van der Waals surface area (Å²) in [7, 11) is 0. The van der Waals surface area contributed by atoms with Crippen LogP contribution in [0, 0.1) is 5.92 Å². The summed E-state index contributed by atoms with van der Waals surface area (Å²) in [5.41, 5.74) is 4.19.